The molecule has 0 spiro atoms. The summed E-state index contributed by atoms with van der Waals surface area (Å²) in [5, 5.41) is 12.9. The predicted molar refractivity (Wildman–Crippen MR) is 142 cm³/mol. The summed E-state index contributed by atoms with van der Waals surface area (Å²) < 4.78 is 27.1. The zero-order valence-electron chi connectivity index (χ0n) is 22.3. The lowest BCUT2D eigenvalue weighted by Crippen LogP contribution is -2.34. The number of aliphatic carboxylic acids is 1. The van der Waals surface area contributed by atoms with E-state index < -0.39 is 17.2 Å². The number of methoxy groups -OCH3 is 1. The molecule has 0 aliphatic carbocycles. The van der Waals surface area contributed by atoms with Crippen LogP contribution >= 0.6 is 0 Å². The van der Waals surface area contributed by atoms with Crippen LogP contribution in [0.1, 0.15) is 62.3 Å². The summed E-state index contributed by atoms with van der Waals surface area (Å²) >= 11 is 0. The molecule has 1 fully saturated rings. The molecule has 37 heavy (non-hydrogen) atoms. The van der Waals surface area contributed by atoms with Crippen molar-refractivity contribution in [3.8, 4) is 5.75 Å². The molecule has 1 aromatic carbocycles. The first-order chi connectivity index (χ1) is 17.6. The molecule has 202 valence electrons. The van der Waals surface area contributed by atoms with Gasteiger partial charge in [0.05, 0.1) is 13.0 Å². The van der Waals surface area contributed by atoms with Crippen LogP contribution in [0.25, 0.3) is 0 Å². The fourth-order valence-electron chi connectivity index (χ4n) is 5.48. The molecule has 2 aliphatic heterocycles. The average molecular weight is 514 g/mol. The van der Waals surface area contributed by atoms with Crippen molar-refractivity contribution in [2.75, 3.05) is 45.2 Å². The van der Waals surface area contributed by atoms with Gasteiger partial charge in [-0.25, -0.2) is 9.37 Å². The maximum absolute atomic E-state index is 15.8. The Bertz CT molecular complexity index is 1080. The Morgan fingerprint density at radius 2 is 2.16 bits per heavy atom. The standard InChI is InChI=1S/C29H40FN3O4/c1-28(2,20-36-3)37-25-8-4-6-22(16-25)23(17-26(34)35)18-33-15-13-29(30,19-33)12-11-24-10-9-21-7-5-14-31-27(21)32-24/h4,6,8-10,16,23H,5,7,11-15,17-20H2,1-3H3,(H,31,32)(H,34,35)/t23-,29+/m1/s1. The molecule has 7 nitrogen and oxygen atoms in total. The van der Waals surface area contributed by atoms with Gasteiger partial charge in [0.15, 0.2) is 0 Å². The Kier molecular flexibility index (Phi) is 8.70. The number of carboxylic acid groups (broad SMARTS) is 1. The second-order valence-electron chi connectivity index (χ2n) is 11.1. The summed E-state index contributed by atoms with van der Waals surface area (Å²) in [5.74, 6) is 0.484. The van der Waals surface area contributed by atoms with Gasteiger partial charge in [0.25, 0.3) is 0 Å². The molecule has 2 aliphatic rings. The van der Waals surface area contributed by atoms with E-state index in [2.05, 4.69) is 16.3 Å². The minimum absolute atomic E-state index is 0.0211. The predicted octanol–water partition coefficient (Wildman–Crippen LogP) is 4.85. The van der Waals surface area contributed by atoms with Gasteiger partial charge >= 0.3 is 5.97 Å². The number of fused-ring (bicyclic) bond motifs is 1. The molecule has 0 bridgehead atoms. The highest BCUT2D eigenvalue weighted by Gasteiger charge is 2.39. The van der Waals surface area contributed by atoms with E-state index in [-0.39, 0.29) is 12.3 Å². The number of nitrogens with zero attached hydrogens (tertiary/aromatic N) is 2. The van der Waals surface area contributed by atoms with E-state index in [9.17, 15) is 9.90 Å². The number of halogens is 1. The number of pyridine rings is 1. The summed E-state index contributed by atoms with van der Waals surface area (Å²) in [7, 11) is 1.63. The maximum atomic E-state index is 15.8. The quantitative estimate of drug-likeness (QED) is 0.420. The Balaban J connectivity index is 1.38. The lowest BCUT2D eigenvalue weighted by Gasteiger charge is -2.27. The van der Waals surface area contributed by atoms with E-state index in [1.807, 2.05) is 44.2 Å². The van der Waals surface area contributed by atoms with Crippen LogP contribution in [0.3, 0.4) is 0 Å². The number of nitrogens with one attached hydrogen (secondary N) is 1. The summed E-state index contributed by atoms with van der Waals surface area (Å²) in [6.07, 6.45) is 3.58. The third kappa shape index (κ3) is 7.65. The Labute approximate surface area is 219 Å². The molecule has 0 unspecified atom stereocenters. The number of carboxylic acids is 1. The van der Waals surface area contributed by atoms with Gasteiger partial charge in [0.2, 0.25) is 0 Å². The van der Waals surface area contributed by atoms with Crippen LogP contribution in [-0.4, -0.2) is 72.1 Å². The lowest BCUT2D eigenvalue weighted by atomic mass is 9.94. The molecule has 8 heteroatoms. The fourth-order valence-corrected chi connectivity index (χ4v) is 5.48. The maximum Gasteiger partial charge on any atom is 0.304 e. The first-order valence-corrected chi connectivity index (χ1v) is 13.3. The smallest absolute Gasteiger partial charge is 0.304 e. The fraction of sp³-hybridized carbons (Fsp3) is 0.586. The molecule has 2 aromatic rings. The number of carbonyl (C=O) groups is 1. The number of ether oxygens (including phenoxy) is 2. The zero-order valence-corrected chi connectivity index (χ0v) is 22.3. The number of aromatic nitrogens is 1. The first-order valence-electron chi connectivity index (χ1n) is 13.3. The largest absolute Gasteiger partial charge is 0.485 e. The van der Waals surface area contributed by atoms with Crippen molar-refractivity contribution >= 4 is 11.8 Å². The Morgan fingerprint density at radius 3 is 2.95 bits per heavy atom. The molecule has 0 radical (unpaired) electrons. The number of hydrogen-bond acceptors (Lipinski definition) is 6. The molecule has 1 saturated heterocycles. The molecule has 1 aromatic heterocycles. The van der Waals surface area contributed by atoms with Gasteiger partial charge < -0.3 is 19.9 Å². The van der Waals surface area contributed by atoms with Crippen molar-refractivity contribution in [3.05, 3.63) is 53.2 Å². The third-order valence-corrected chi connectivity index (χ3v) is 7.28. The normalized spacial score (nSPS) is 20.8. The molecule has 0 amide bonds. The van der Waals surface area contributed by atoms with Crippen LogP contribution in [-0.2, 0) is 22.4 Å². The number of rotatable bonds is 12. The van der Waals surface area contributed by atoms with Gasteiger partial charge in [-0.15, -0.1) is 0 Å². The topological polar surface area (TPSA) is 83.9 Å². The molecule has 2 atom stereocenters. The van der Waals surface area contributed by atoms with E-state index in [0.717, 1.165) is 36.5 Å². The van der Waals surface area contributed by atoms with Crippen molar-refractivity contribution < 1.29 is 23.8 Å². The van der Waals surface area contributed by atoms with E-state index in [0.29, 0.717) is 51.3 Å². The van der Waals surface area contributed by atoms with Crippen LogP contribution < -0.4 is 10.1 Å². The highest BCUT2D eigenvalue weighted by molar-refractivity contribution is 5.68. The Morgan fingerprint density at radius 1 is 1.32 bits per heavy atom. The van der Waals surface area contributed by atoms with Crippen molar-refractivity contribution in [2.45, 2.75) is 69.6 Å². The number of anilines is 1. The van der Waals surface area contributed by atoms with Crippen molar-refractivity contribution in [3.63, 3.8) is 0 Å². The van der Waals surface area contributed by atoms with Crippen LogP contribution in [0.4, 0.5) is 10.2 Å². The van der Waals surface area contributed by atoms with E-state index >= 15 is 4.39 Å². The molecule has 3 heterocycles. The number of alkyl halides is 1. The number of aryl methyl sites for hydroxylation is 2. The average Bonchev–Trinajstić information content (AvgIpc) is 3.22. The number of hydrogen-bond donors (Lipinski definition) is 2. The third-order valence-electron chi connectivity index (χ3n) is 7.28. The Hall–Kier alpha value is -2.71. The van der Waals surface area contributed by atoms with Crippen molar-refractivity contribution in [1.29, 1.82) is 0 Å². The second-order valence-corrected chi connectivity index (χ2v) is 11.1. The summed E-state index contributed by atoms with van der Waals surface area (Å²) in [5.41, 5.74) is 1.23. The van der Waals surface area contributed by atoms with Crippen LogP contribution in [0.2, 0.25) is 0 Å². The summed E-state index contributed by atoms with van der Waals surface area (Å²) in [6.45, 7) is 6.66. The number of benzene rings is 1. The van der Waals surface area contributed by atoms with E-state index in [1.54, 1.807) is 7.11 Å². The second kappa shape index (κ2) is 11.8. The van der Waals surface area contributed by atoms with Gasteiger partial charge in [0.1, 0.15) is 22.8 Å². The molecule has 2 N–H and O–H groups in total. The van der Waals surface area contributed by atoms with E-state index in [4.69, 9.17) is 14.5 Å². The van der Waals surface area contributed by atoms with Gasteiger partial charge in [-0.2, -0.15) is 0 Å². The molecule has 0 saturated carbocycles. The summed E-state index contributed by atoms with van der Waals surface area (Å²) in [4.78, 5) is 18.5. The SMILES string of the molecule is COCC(C)(C)Oc1cccc([C@H](CC(=O)O)CN2CC[C@@](F)(CCc3ccc4c(n3)NCCC4)C2)c1. The zero-order chi connectivity index (χ0) is 26.5. The molecule has 4 rings (SSSR count). The monoisotopic (exact) mass is 513 g/mol. The molecular weight excluding hydrogens is 473 g/mol. The van der Waals surface area contributed by atoms with Crippen LogP contribution in [0.15, 0.2) is 36.4 Å². The van der Waals surface area contributed by atoms with Crippen molar-refractivity contribution in [1.82, 2.24) is 9.88 Å². The van der Waals surface area contributed by atoms with Gasteiger partial charge in [-0.1, -0.05) is 18.2 Å². The highest BCUT2D eigenvalue weighted by Crippen LogP contribution is 2.34. The van der Waals surface area contributed by atoms with Gasteiger partial charge in [0, 0.05) is 44.9 Å². The first kappa shape index (κ1) is 27.3. The number of likely N-dealkylation sites (tertiary alicyclic amines) is 1. The molecular formula is C29H40FN3O4. The van der Waals surface area contributed by atoms with Crippen LogP contribution in [0.5, 0.6) is 5.75 Å². The minimum Gasteiger partial charge on any atom is -0.485 e. The van der Waals surface area contributed by atoms with Gasteiger partial charge in [-0.3, -0.25) is 9.69 Å². The van der Waals surface area contributed by atoms with E-state index in [1.165, 1.54) is 5.56 Å². The van der Waals surface area contributed by atoms with Crippen LogP contribution in [0, 0.1) is 0 Å². The summed E-state index contributed by atoms with van der Waals surface area (Å²) in [6, 6.07) is 11.7. The van der Waals surface area contributed by atoms with Crippen molar-refractivity contribution in [2.24, 2.45) is 0 Å². The lowest BCUT2D eigenvalue weighted by molar-refractivity contribution is -0.137. The highest BCUT2D eigenvalue weighted by atomic mass is 19.1. The van der Waals surface area contributed by atoms with Gasteiger partial charge in [-0.05, 0) is 75.3 Å². The minimum atomic E-state index is -1.30.